The molecule has 0 spiro atoms. The zero-order valence-electron chi connectivity index (χ0n) is 7.82. The number of aliphatic hydroxyl groups is 1. The molecular weight excluding hydrogens is 216 g/mol. The van der Waals surface area contributed by atoms with Gasteiger partial charge in [0.05, 0.1) is 6.10 Å². The van der Waals surface area contributed by atoms with Crippen molar-refractivity contribution in [2.24, 2.45) is 0 Å². The van der Waals surface area contributed by atoms with Crippen molar-refractivity contribution < 1.29 is 5.11 Å². The van der Waals surface area contributed by atoms with Gasteiger partial charge in [-0.3, -0.25) is 0 Å². The Morgan fingerprint density at radius 2 is 2.21 bits per heavy atom. The van der Waals surface area contributed by atoms with Crippen LogP contribution in [0.3, 0.4) is 0 Å². The quantitative estimate of drug-likeness (QED) is 0.838. The van der Waals surface area contributed by atoms with Crippen LogP contribution in [0.4, 0.5) is 0 Å². The van der Waals surface area contributed by atoms with Crippen molar-refractivity contribution in [1.29, 1.82) is 0 Å². The Labute approximate surface area is 93.5 Å². The molecule has 1 fully saturated rings. The monoisotopic (exact) mass is 228 g/mol. The van der Waals surface area contributed by atoms with Gasteiger partial charge in [-0.05, 0) is 37.5 Å². The Morgan fingerprint density at radius 1 is 1.36 bits per heavy atom. The average Bonchev–Trinajstić information content (AvgIpc) is 2.52. The zero-order valence-corrected chi connectivity index (χ0v) is 9.39. The molecule has 0 bridgehead atoms. The van der Waals surface area contributed by atoms with Crippen molar-refractivity contribution >= 4 is 23.4 Å². The fraction of sp³-hybridized carbons (Fsp3) is 0.455. The maximum Gasteiger partial charge on any atom is 0.0662 e. The molecule has 1 saturated carbocycles. The minimum Gasteiger partial charge on any atom is -0.392 e. The smallest absolute Gasteiger partial charge is 0.0662 e. The van der Waals surface area contributed by atoms with E-state index in [0.29, 0.717) is 5.25 Å². The van der Waals surface area contributed by atoms with Crippen molar-refractivity contribution in [2.75, 3.05) is 0 Å². The SMILES string of the molecule is OC1CCCC1Sc1cccc(Cl)c1. The molecule has 3 heteroatoms. The molecule has 2 atom stereocenters. The van der Waals surface area contributed by atoms with Gasteiger partial charge in [0.15, 0.2) is 0 Å². The Balaban J connectivity index is 2.03. The van der Waals surface area contributed by atoms with E-state index in [0.717, 1.165) is 29.2 Å². The first-order valence-corrected chi connectivity index (χ1v) is 6.12. The zero-order chi connectivity index (χ0) is 9.97. The van der Waals surface area contributed by atoms with E-state index < -0.39 is 0 Å². The van der Waals surface area contributed by atoms with Gasteiger partial charge in [0.1, 0.15) is 0 Å². The molecule has 1 aromatic carbocycles. The molecule has 14 heavy (non-hydrogen) atoms. The van der Waals surface area contributed by atoms with Gasteiger partial charge in [-0.2, -0.15) is 0 Å². The lowest BCUT2D eigenvalue weighted by molar-refractivity contribution is 0.188. The van der Waals surface area contributed by atoms with Gasteiger partial charge in [-0.1, -0.05) is 17.7 Å². The molecule has 1 aliphatic rings. The molecule has 0 aromatic heterocycles. The lowest BCUT2D eigenvalue weighted by Crippen LogP contribution is -2.14. The molecule has 1 N–H and O–H groups in total. The van der Waals surface area contributed by atoms with Crippen LogP contribution in [0.15, 0.2) is 29.2 Å². The van der Waals surface area contributed by atoms with Crippen LogP contribution in [0.1, 0.15) is 19.3 Å². The summed E-state index contributed by atoms with van der Waals surface area (Å²) >= 11 is 7.63. The number of hydrogen-bond acceptors (Lipinski definition) is 2. The average molecular weight is 229 g/mol. The fourth-order valence-electron chi connectivity index (χ4n) is 1.76. The summed E-state index contributed by atoms with van der Waals surface area (Å²) in [6.45, 7) is 0. The van der Waals surface area contributed by atoms with Gasteiger partial charge in [0, 0.05) is 15.2 Å². The number of thioether (sulfide) groups is 1. The highest BCUT2D eigenvalue weighted by Gasteiger charge is 2.25. The highest BCUT2D eigenvalue weighted by molar-refractivity contribution is 8.00. The third-order valence-corrected chi connectivity index (χ3v) is 4.12. The molecule has 1 nitrogen and oxygen atoms in total. The molecule has 2 rings (SSSR count). The van der Waals surface area contributed by atoms with Crippen LogP contribution in [0, 0.1) is 0 Å². The lowest BCUT2D eigenvalue weighted by Gasteiger charge is -2.13. The van der Waals surface area contributed by atoms with Crippen LogP contribution < -0.4 is 0 Å². The van der Waals surface area contributed by atoms with Gasteiger partial charge >= 0.3 is 0 Å². The maximum atomic E-state index is 9.67. The van der Waals surface area contributed by atoms with Crippen LogP contribution in [0.5, 0.6) is 0 Å². The summed E-state index contributed by atoms with van der Waals surface area (Å²) in [6.07, 6.45) is 3.05. The molecule has 1 aliphatic carbocycles. The van der Waals surface area contributed by atoms with Gasteiger partial charge in [0.25, 0.3) is 0 Å². The number of hydrogen-bond donors (Lipinski definition) is 1. The summed E-state index contributed by atoms with van der Waals surface area (Å²) < 4.78 is 0. The van der Waals surface area contributed by atoms with E-state index in [2.05, 4.69) is 0 Å². The van der Waals surface area contributed by atoms with Crippen LogP contribution in [0.2, 0.25) is 5.02 Å². The first kappa shape index (κ1) is 10.3. The van der Waals surface area contributed by atoms with E-state index >= 15 is 0 Å². The normalized spacial score (nSPS) is 26.7. The summed E-state index contributed by atoms with van der Waals surface area (Å²) in [6, 6.07) is 7.82. The summed E-state index contributed by atoms with van der Waals surface area (Å²) in [4.78, 5) is 1.16. The topological polar surface area (TPSA) is 20.2 Å². The standard InChI is InChI=1S/C11H13ClOS/c12-8-3-1-4-9(7-8)14-11-6-2-5-10(11)13/h1,3-4,7,10-11,13H,2,5-6H2. The van der Waals surface area contributed by atoms with E-state index in [9.17, 15) is 5.11 Å². The van der Waals surface area contributed by atoms with Gasteiger partial charge in [-0.25, -0.2) is 0 Å². The van der Waals surface area contributed by atoms with Gasteiger partial charge in [0.2, 0.25) is 0 Å². The maximum absolute atomic E-state index is 9.67. The summed E-state index contributed by atoms with van der Waals surface area (Å²) in [5, 5.41) is 10.8. The Kier molecular flexibility index (Phi) is 3.37. The second kappa shape index (κ2) is 4.56. The predicted octanol–water partition coefficient (Wildman–Crippen LogP) is 3.35. The molecule has 0 aliphatic heterocycles. The predicted molar refractivity (Wildman–Crippen MR) is 61.0 cm³/mol. The molecule has 0 amide bonds. The van der Waals surface area contributed by atoms with E-state index in [1.807, 2.05) is 24.3 Å². The van der Waals surface area contributed by atoms with Gasteiger partial charge < -0.3 is 5.11 Å². The molecule has 2 unspecified atom stereocenters. The van der Waals surface area contributed by atoms with Gasteiger partial charge in [-0.15, -0.1) is 11.8 Å². The van der Waals surface area contributed by atoms with Crippen molar-refractivity contribution in [3.8, 4) is 0 Å². The van der Waals surface area contributed by atoms with E-state index in [4.69, 9.17) is 11.6 Å². The summed E-state index contributed by atoms with van der Waals surface area (Å²) in [7, 11) is 0. The minimum atomic E-state index is -0.140. The Hall–Kier alpha value is -0.180. The van der Waals surface area contributed by atoms with E-state index in [-0.39, 0.29) is 6.10 Å². The van der Waals surface area contributed by atoms with Crippen LogP contribution in [0.25, 0.3) is 0 Å². The highest BCUT2D eigenvalue weighted by atomic mass is 35.5. The second-order valence-electron chi connectivity index (χ2n) is 3.61. The number of aliphatic hydroxyl groups excluding tert-OH is 1. The Bertz CT molecular complexity index is 316. The molecule has 0 saturated heterocycles. The summed E-state index contributed by atoms with van der Waals surface area (Å²) in [5.41, 5.74) is 0. The highest BCUT2D eigenvalue weighted by Crippen LogP contribution is 2.35. The van der Waals surface area contributed by atoms with Crippen LogP contribution in [-0.4, -0.2) is 16.5 Å². The van der Waals surface area contributed by atoms with Crippen LogP contribution >= 0.6 is 23.4 Å². The molecule has 0 radical (unpaired) electrons. The largest absolute Gasteiger partial charge is 0.392 e. The number of halogens is 1. The van der Waals surface area contributed by atoms with E-state index in [1.54, 1.807) is 11.8 Å². The Morgan fingerprint density at radius 3 is 2.86 bits per heavy atom. The number of benzene rings is 1. The second-order valence-corrected chi connectivity index (χ2v) is 5.36. The fourth-order valence-corrected chi connectivity index (χ4v) is 3.29. The third kappa shape index (κ3) is 2.44. The van der Waals surface area contributed by atoms with E-state index in [1.165, 1.54) is 0 Å². The molecule has 1 aromatic rings. The molecule has 76 valence electrons. The van der Waals surface area contributed by atoms with Crippen molar-refractivity contribution in [3.05, 3.63) is 29.3 Å². The van der Waals surface area contributed by atoms with Crippen molar-refractivity contribution in [3.63, 3.8) is 0 Å². The third-order valence-electron chi connectivity index (χ3n) is 2.50. The van der Waals surface area contributed by atoms with Crippen molar-refractivity contribution in [2.45, 2.75) is 35.5 Å². The van der Waals surface area contributed by atoms with Crippen molar-refractivity contribution in [1.82, 2.24) is 0 Å². The molecule has 0 heterocycles. The van der Waals surface area contributed by atoms with Crippen LogP contribution in [-0.2, 0) is 0 Å². The first-order chi connectivity index (χ1) is 6.75. The lowest BCUT2D eigenvalue weighted by atomic mass is 10.3. The summed E-state index contributed by atoms with van der Waals surface area (Å²) in [5.74, 6) is 0. The first-order valence-electron chi connectivity index (χ1n) is 4.86. The minimum absolute atomic E-state index is 0.140. The number of rotatable bonds is 2. The molecular formula is C11H13ClOS.